The number of hydrogen-bond donors (Lipinski definition) is 2. The lowest BCUT2D eigenvalue weighted by Gasteiger charge is -2.12. The molecule has 0 saturated heterocycles. The molecule has 3 aromatic rings. The molecule has 1 aromatic heterocycles. The number of halogens is 2. The molecule has 2 N–H and O–H groups in total. The zero-order valence-electron chi connectivity index (χ0n) is 17.6. The van der Waals surface area contributed by atoms with Gasteiger partial charge in [0.15, 0.2) is 0 Å². The number of allylic oxidation sites excluding steroid dienone is 1. The summed E-state index contributed by atoms with van der Waals surface area (Å²) in [6.45, 7) is 5.10. The largest absolute Gasteiger partial charge is 0.437 e. The summed E-state index contributed by atoms with van der Waals surface area (Å²) >= 11 is 7.49. The van der Waals surface area contributed by atoms with E-state index in [9.17, 15) is 4.39 Å². The molecule has 5 nitrogen and oxygen atoms in total. The Hall–Kier alpha value is -3.03. The van der Waals surface area contributed by atoms with Gasteiger partial charge in [0.25, 0.3) is 0 Å². The van der Waals surface area contributed by atoms with Gasteiger partial charge in [-0.15, -0.1) is 0 Å². The molecule has 0 atom stereocenters. The molecule has 1 heterocycles. The lowest BCUT2D eigenvalue weighted by molar-refractivity contribution is -0.104. The van der Waals surface area contributed by atoms with Gasteiger partial charge >= 0.3 is 0 Å². The van der Waals surface area contributed by atoms with Crippen molar-refractivity contribution in [2.24, 2.45) is 0 Å². The van der Waals surface area contributed by atoms with Gasteiger partial charge in [-0.2, -0.15) is 0 Å². The SMILES string of the molecule is C=CC=O.CF.CNc1ccc(Oc2ncc(C)cc2NSc2cccc(Cl)c2)cc1. The van der Waals surface area contributed by atoms with Crippen molar-refractivity contribution in [2.45, 2.75) is 11.8 Å². The summed E-state index contributed by atoms with van der Waals surface area (Å²) in [5.74, 6) is 1.25. The number of alkyl halides is 1. The van der Waals surface area contributed by atoms with Crippen LogP contribution in [0, 0.1) is 6.92 Å². The fraction of sp³-hybridized carbons (Fsp3) is 0.130. The summed E-state index contributed by atoms with van der Waals surface area (Å²) in [5, 5.41) is 3.79. The molecular formula is C23H25ClFN3O2S. The molecule has 2 aromatic carbocycles. The molecule has 164 valence electrons. The van der Waals surface area contributed by atoms with Gasteiger partial charge in [-0.05, 0) is 79.0 Å². The maximum atomic E-state index is 9.50. The van der Waals surface area contributed by atoms with Crippen LogP contribution in [0.2, 0.25) is 5.02 Å². The normalized spacial score (nSPS) is 9.19. The van der Waals surface area contributed by atoms with E-state index < -0.39 is 0 Å². The van der Waals surface area contributed by atoms with Crippen LogP contribution in [0.3, 0.4) is 0 Å². The first-order chi connectivity index (χ1) is 15.0. The van der Waals surface area contributed by atoms with Gasteiger partial charge < -0.3 is 14.8 Å². The Morgan fingerprint density at radius 3 is 2.42 bits per heavy atom. The number of ether oxygens (including phenoxy) is 1. The van der Waals surface area contributed by atoms with Crippen molar-refractivity contribution in [1.29, 1.82) is 0 Å². The standard InChI is InChI=1S/C19H18ClN3OS.C3H4O.CH3F/c1-13-10-18(23-25-17-5-3-4-14(20)11-17)19(22-12-13)24-16-8-6-15(21-2)7-9-16;1-2-3-4;1-2/h3-12,21,23H,1-2H3;2-3H,1H2;1H3. The Kier molecular flexibility index (Phi) is 12.5. The number of carbonyl (C=O) groups is 1. The van der Waals surface area contributed by atoms with Gasteiger partial charge in [0.05, 0.1) is 7.18 Å². The number of anilines is 2. The first kappa shape index (κ1) is 26.0. The zero-order chi connectivity index (χ0) is 23.1. The van der Waals surface area contributed by atoms with E-state index in [1.165, 1.54) is 18.0 Å². The maximum Gasteiger partial charge on any atom is 0.243 e. The van der Waals surface area contributed by atoms with Crippen LogP contribution >= 0.6 is 23.5 Å². The molecule has 0 aliphatic heterocycles. The third-order valence-corrected chi connectivity index (χ3v) is 4.56. The van der Waals surface area contributed by atoms with E-state index in [2.05, 4.69) is 21.6 Å². The molecule has 0 saturated carbocycles. The molecule has 0 unspecified atom stereocenters. The van der Waals surface area contributed by atoms with Gasteiger partial charge in [0.1, 0.15) is 17.7 Å². The van der Waals surface area contributed by atoms with Crippen LogP contribution in [-0.4, -0.2) is 25.5 Å². The Labute approximate surface area is 191 Å². The summed E-state index contributed by atoms with van der Waals surface area (Å²) in [5.41, 5.74) is 2.88. The summed E-state index contributed by atoms with van der Waals surface area (Å²) in [4.78, 5) is 14.5. The molecule has 0 aliphatic carbocycles. The zero-order valence-corrected chi connectivity index (χ0v) is 19.1. The lowest BCUT2D eigenvalue weighted by atomic mass is 10.3. The summed E-state index contributed by atoms with van der Waals surface area (Å²) in [7, 11) is 2.38. The predicted molar refractivity (Wildman–Crippen MR) is 129 cm³/mol. The van der Waals surface area contributed by atoms with E-state index in [0.29, 0.717) is 24.4 Å². The van der Waals surface area contributed by atoms with Crippen LogP contribution in [0.5, 0.6) is 11.6 Å². The highest BCUT2D eigenvalue weighted by Gasteiger charge is 2.08. The van der Waals surface area contributed by atoms with Crippen molar-refractivity contribution in [3.63, 3.8) is 0 Å². The minimum atomic E-state index is 0.500. The Balaban J connectivity index is 0.000000720. The van der Waals surface area contributed by atoms with Crippen molar-refractivity contribution >= 4 is 41.2 Å². The molecule has 8 heteroatoms. The summed E-state index contributed by atoms with van der Waals surface area (Å²) in [6.07, 6.45) is 3.62. The predicted octanol–water partition coefficient (Wildman–Crippen LogP) is 6.95. The fourth-order valence-electron chi connectivity index (χ4n) is 2.16. The van der Waals surface area contributed by atoms with Gasteiger partial charge in [-0.1, -0.05) is 24.2 Å². The number of benzene rings is 2. The van der Waals surface area contributed by atoms with Crippen LogP contribution in [0.4, 0.5) is 15.8 Å². The van der Waals surface area contributed by atoms with E-state index in [0.717, 1.165) is 27.6 Å². The molecule has 0 fully saturated rings. The number of aldehydes is 1. The van der Waals surface area contributed by atoms with Gasteiger partial charge in [-0.3, -0.25) is 9.18 Å². The monoisotopic (exact) mass is 461 g/mol. The second kappa shape index (κ2) is 14.9. The Bertz CT molecular complexity index is 950. The van der Waals surface area contributed by atoms with E-state index in [1.807, 2.05) is 68.6 Å². The first-order valence-electron chi connectivity index (χ1n) is 9.10. The topological polar surface area (TPSA) is 63.2 Å². The summed E-state index contributed by atoms with van der Waals surface area (Å²) < 4.78 is 18.7. The Morgan fingerprint density at radius 2 is 1.84 bits per heavy atom. The fourth-order valence-corrected chi connectivity index (χ4v) is 3.12. The van der Waals surface area contributed by atoms with Gasteiger partial charge in [0.2, 0.25) is 5.88 Å². The van der Waals surface area contributed by atoms with Crippen LogP contribution in [0.15, 0.2) is 78.3 Å². The van der Waals surface area contributed by atoms with E-state index in [4.69, 9.17) is 21.1 Å². The third-order valence-electron chi connectivity index (χ3n) is 3.52. The Morgan fingerprint density at radius 1 is 1.16 bits per heavy atom. The molecule has 0 spiro atoms. The molecule has 0 radical (unpaired) electrons. The average Bonchev–Trinajstić information content (AvgIpc) is 2.81. The number of pyridine rings is 1. The molecule has 0 amide bonds. The average molecular weight is 462 g/mol. The van der Waals surface area contributed by atoms with Gasteiger partial charge in [-0.25, -0.2) is 4.98 Å². The lowest BCUT2D eigenvalue weighted by Crippen LogP contribution is -1.96. The maximum absolute atomic E-state index is 9.50. The number of nitrogens with one attached hydrogen (secondary N) is 2. The van der Waals surface area contributed by atoms with Crippen molar-refractivity contribution in [3.8, 4) is 11.6 Å². The van der Waals surface area contributed by atoms with Crippen molar-refractivity contribution in [3.05, 3.63) is 84.0 Å². The molecule has 31 heavy (non-hydrogen) atoms. The smallest absolute Gasteiger partial charge is 0.243 e. The number of rotatable bonds is 7. The van der Waals surface area contributed by atoms with Crippen LogP contribution in [-0.2, 0) is 4.79 Å². The number of nitrogens with zero attached hydrogens (tertiary/aromatic N) is 1. The molecule has 0 aliphatic rings. The van der Waals surface area contributed by atoms with Crippen LogP contribution < -0.4 is 14.8 Å². The number of aromatic nitrogens is 1. The first-order valence-corrected chi connectivity index (χ1v) is 10.3. The van der Waals surface area contributed by atoms with Crippen molar-refractivity contribution < 1.29 is 13.9 Å². The minimum Gasteiger partial charge on any atom is -0.437 e. The van der Waals surface area contributed by atoms with Crippen molar-refractivity contribution in [2.75, 3.05) is 24.3 Å². The number of carbonyl (C=O) groups excluding carboxylic acids is 1. The van der Waals surface area contributed by atoms with Crippen molar-refractivity contribution in [1.82, 2.24) is 4.98 Å². The minimum absolute atomic E-state index is 0.500. The molecular weight excluding hydrogens is 437 g/mol. The summed E-state index contributed by atoms with van der Waals surface area (Å²) in [6, 6.07) is 17.4. The second-order valence-corrected chi connectivity index (χ2v) is 7.09. The van der Waals surface area contributed by atoms with Crippen LogP contribution in [0.1, 0.15) is 5.56 Å². The van der Waals surface area contributed by atoms with E-state index in [-0.39, 0.29) is 0 Å². The number of aryl methyl sites for hydroxylation is 1. The van der Waals surface area contributed by atoms with Crippen LogP contribution in [0.25, 0.3) is 0 Å². The second-order valence-electron chi connectivity index (χ2n) is 5.78. The highest BCUT2D eigenvalue weighted by molar-refractivity contribution is 8.00. The molecule has 0 bridgehead atoms. The highest BCUT2D eigenvalue weighted by Crippen LogP contribution is 2.32. The quantitative estimate of drug-likeness (QED) is 0.225. The highest BCUT2D eigenvalue weighted by atomic mass is 35.5. The molecule has 3 rings (SSSR count). The third kappa shape index (κ3) is 9.55. The number of hydrogen-bond acceptors (Lipinski definition) is 6. The van der Waals surface area contributed by atoms with E-state index in [1.54, 1.807) is 6.20 Å². The van der Waals surface area contributed by atoms with E-state index >= 15 is 0 Å². The van der Waals surface area contributed by atoms with Gasteiger partial charge in [0, 0.05) is 28.9 Å².